The summed E-state index contributed by atoms with van der Waals surface area (Å²) in [5.41, 5.74) is 0.829. The fourth-order valence-electron chi connectivity index (χ4n) is 3.06. The van der Waals surface area contributed by atoms with E-state index in [2.05, 4.69) is 6.92 Å². The lowest BCUT2D eigenvalue weighted by atomic mass is 9.76. The van der Waals surface area contributed by atoms with E-state index in [0.29, 0.717) is 24.5 Å². The number of benzene rings is 1. The number of ether oxygens (including phenoxy) is 1. The first-order valence-corrected chi connectivity index (χ1v) is 7.48. The van der Waals surface area contributed by atoms with Crippen molar-refractivity contribution in [3.63, 3.8) is 0 Å². The molecule has 1 aromatic rings. The zero-order valence-corrected chi connectivity index (χ0v) is 12.3. The Hall–Kier alpha value is -1.35. The van der Waals surface area contributed by atoms with E-state index in [4.69, 9.17) is 4.74 Å². The van der Waals surface area contributed by atoms with Crippen LogP contribution in [-0.2, 0) is 4.79 Å². The van der Waals surface area contributed by atoms with Crippen LogP contribution in [0.5, 0.6) is 5.75 Å². The van der Waals surface area contributed by atoms with E-state index in [1.165, 1.54) is 0 Å². The number of carbonyl (C=O) groups excluding carboxylic acids is 1. The zero-order valence-electron chi connectivity index (χ0n) is 12.3. The van der Waals surface area contributed by atoms with Crippen molar-refractivity contribution in [2.24, 2.45) is 11.8 Å². The van der Waals surface area contributed by atoms with Crippen LogP contribution in [0.15, 0.2) is 24.3 Å². The summed E-state index contributed by atoms with van der Waals surface area (Å²) in [6.45, 7) is 2.18. The van der Waals surface area contributed by atoms with E-state index < -0.39 is 6.10 Å². The van der Waals surface area contributed by atoms with Gasteiger partial charge in [0.1, 0.15) is 11.5 Å². The fraction of sp³-hybridized carbons (Fsp3) is 0.588. The van der Waals surface area contributed by atoms with Gasteiger partial charge >= 0.3 is 0 Å². The van der Waals surface area contributed by atoms with E-state index in [1.54, 1.807) is 7.11 Å². The molecule has 0 aliphatic heterocycles. The summed E-state index contributed by atoms with van der Waals surface area (Å²) in [4.78, 5) is 12.0. The maximum atomic E-state index is 12.0. The van der Waals surface area contributed by atoms with Gasteiger partial charge < -0.3 is 9.84 Å². The van der Waals surface area contributed by atoms with Gasteiger partial charge in [0.15, 0.2) is 0 Å². The summed E-state index contributed by atoms with van der Waals surface area (Å²) >= 11 is 0. The minimum absolute atomic E-state index is 0.00917. The first-order valence-electron chi connectivity index (χ1n) is 7.48. The molecule has 1 N–H and O–H groups in total. The molecule has 3 nitrogen and oxygen atoms in total. The lowest BCUT2D eigenvalue weighted by Gasteiger charge is -2.28. The van der Waals surface area contributed by atoms with Gasteiger partial charge in [-0.3, -0.25) is 4.79 Å². The van der Waals surface area contributed by atoms with Gasteiger partial charge in [-0.25, -0.2) is 0 Å². The number of aliphatic hydroxyl groups excluding tert-OH is 1. The monoisotopic (exact) mass is 276 g/mol. The summed E-state index contributed by atoms with van der Waals surface area (Å²) in [5.74, 6) is 1.70. The van der Waals surface area contributed by atoms with Crippen molar-refractivity contribution in [2.75, 3.05) is 7.11 Å². The highest BCUT2D eigenvalue weighted by Crippen LogP contribution is 2.34. The highest BCUT2D eigenvalue weighted by Gasteiger charge is 2.29. The molecule has 3 heteroatoms. The third-order valence-corrected chi connectivity index (χ3v) is 4.44. The van der Waals surface area contributed by atoms with Gasteiger partial charge in [-0.2, -0.15) is 0 Å². The molecule has 0 spiro atoms. The number of methoxy groups -OCH3 is 1. The highest BCUT2D eigenvalue weighted by atomic mass is 16.5. The molecule has 0 aromatic heterocycles. The summed E-state index contributed by atoms with van der Waals surface area (Å²) in [6, 6.07) is 7.46. The van der Waals surface area contributed by atoms with E-state index in [0.717, 1.165) is 30.6 Å². The molecule has 1 aliphatic rings. The van der Waals surface area contributed by atoms with Gasteiger partial charge in [0.2, 0.25) is 0 Å². The first kappa shape index (κ1) is 15.0. The predicted molar refractivity (Wildman–Crippen MR) is 78.7 cm³/mol. The van der Waals surface area contributed by atoms with Crippen LogP contribution in [0.4, 0.5) is 0 Å². The van der Waals surface area contributed by atoms with Crippen LogP contribution in [-0.4, -0.2) is 18.0 Å². The van der Waals surface area contributed by atoms with E-state index in [9.17, 15) is 9.90 Å². The number of rotatable bonds is 5. The Balaban J connectivity index is 2.02. The van der Waals surface area contributed by atoms with Gasteiger partial charge in [0, 0.05) is 12.3 Å². The van der Waals surface area contributed by atoms with Crippen molar-refractivity contribution in [1.82, 2.24) is 0 Å². The second-order valence-electron chi connectivity index (χ2n) is 5.74. The maximum Gasteiger partial charge on any atom is 0.136 e. The second kappa shape index (κ2) is 6.89. The number of aliphatic hydroxyl groups is 1. The summed E-state index contributed by atoms with van der Waals surface area (Å²) in [6.07, 6.45) is 3.68. The average Bonchev–Trinajstić information content (AvgIpc) is 2.49. The Kier molecular flexibility index (Phi) is 5.18. The Labute approximate surface area is 121 Å². The molecule has 3 unspecified atom stereocenters. The van der Waals surface area contributed by atoms with Crippen molar-refractivity contribution < 1.29 is 14.6 Å². The van der Waals surface area contributed by atoms with Gasteiger partial charge in [-0.05, 0) is 42.9 Å². The third kappa shape index (κ3) is 3.60. The van der Waals surface area contributed by atoms with E-state index in [1.807, 2.05) is 24.3 Å². The quantitative estimate of drug-likeness (QED) is 0.895. The van der Waals surface area contributed by atoms with Crippen LogP contribution >= 0.6 is 0 Å². The smallest absolute Gasteiger partial charge is 0.136 e. The van der Waals surface area contributed by atoms with E-state index >= 15 is 0 Å². The molecule has 3 atom stereocenters. The second-order valence-corrected chi connectivity index (χ2v) is 5.74. The molecule has 0 amide bonds. The van der Waals surface area contributed by atoms with Crippen molar-refractivity contribution in [2.45, 2.75) is 45.1 Å². The molecule has 1 fully saturated rings. The van der Waals surface area contributed by atoms with Crippen molar-refractivity contribution in [3.05, 3.63) is 29.8 Å². The predicted octanol–water partition coefficient (Wildman–Crippen LogP) is 3.51. The summed E-state index contributed by atoms with van der Waals surface area (Å²) in [5, 5.41) is 10.4. The SMILES string of the molecule is CCC1CCC(=O)C(CC(O)c2cccc(OC)c2)C1. The summed E-state index contributed by atoms with van der Waals surface area (Å²) < 4.78 is 5.17. The lowest BCUT2D eigenvalue weighted by molar-refractivity contribution is -0.126. The number of carbonyl (C=O) groups is 1. The van der Waals surface area contributed by atoms with Crippen LogP contribution in [0.1, 0.15) is 50.7 Å². The number of ketones is 1. The highest BCUT2D eigenvalue weighted by molar-refractivity contribution is 5.81. The average molecular weight is 276 g/mol. The zero-order chi connectivity index (χ0) is 14.5. The molecule has 1 saturated carbocycles. The van der Waals surface area contributed by atoms with Gasteiger partial charge in [0.25, 0.3) is 0 Å². The van der Waals surface area contributed by atoms with Crippen LogP contribution in [0.2, 0.25) is 0 Å². The lowest BCUT2D eigenvalue weighted by Crippen LogP contribution is -2.26. The first-order chi connectivity index (χ1) is 9.63. The van der Waals surface area contributed by atoms with Crippen molar-refractivity contribution in [1.29, 1.82) is 0 Å². The third-order valence-electron chi connectivity index (χ3n) is 4.44. The minimum atomic E-state index is -0.588. The van der Waals surface area contributed by atoms with Crippen molar-refractivity contribution >= 4 is 5.78 Å². The van der Waals surface area contributed by atoms with Crippen LogP contribution in [0.3, 0.4) is 0 Å². The van der Waals surface area contributed by atoms with Crippen LogP contribution < -0.4 is 4.74 Å². The molecule has 1 aliphatic carbocycles. The molecule has 20 heavy (non-hydrogen) atoms. The summed E-state index contributed by atoms with van der Waals surface area (Å²) in [7, 11) is 1.61. The van der Waals surface area contributed by atoms with Gasteiger partial charge in [-0.1, -0.05) is 25.5 Å². The van der Waals surface area contributed by atoms with Crippen LogP contribution in [0.25, 0.3) is 0 Å². The molecule has 110 valence electrons. The molecular weight excluding hydrogens is 252 g/mol. The minimum Gasteiger partial charge on any atom is -0.497 e. The van der Waals surface area contributed by atoms with Crippen molar-refractivity contribution in [3.8, 4) is 5.75 Å². The number of hydrogen-bond acceptors (Lipinski definition) is 3. The Morgan fingerprint density at radius 2 is 2.25 bits per heavy atom. The molecule has 0 heterocycles. The largest absolute Gasteiger partial charge is 0.497 e. The molecular formula is C17H24O3. The Bertz CT molecular complexity index is 455. The fourth-order valence-corrected chi connectivity index (χ4v) is 3.06. The van der Waals surface area contributed by atoms with Crippen LogP contribution in [0, 0.1) is 11.8 Å². The molecule has 0 radical (unpaired) electrons. The molecule has 2 rings (SSSR count). The molecule has 1 aromatic carbocycles. The Morgan fingerprint density at radius 1 is 1.45 bits per heavy atom. The molecule has 0 bridgehead atoms. The maximum absolute atomic E-state index is 12.0. The Morgan fingerprint density at radius 3 is 2.95 bits per heavy atom. The van der Waals surface area contributed by atoms with E-state index in [-0.39, 0.29) is 5.92 Å². The molecule has 0 saturated heterocycles. The topological polar surface area (TPSA) is 46.5 Å². The van der Waals surface area contributed by atoms with Gasteiger partial charge in [-0.15, -0.1) is 0 Å². The number of Topliss-reactive ketones (excluding diaryl/α,β-unsaturated/α-hetero) is 1. The standard InChI is InChI=1S/C17H24O3/c1-3-12-7-8-16(18)14(9-12)11-17(19)13-5-4-6-15(10-13)20-2/h4-6,10,12,14,17,19H,3,7-9,11H2,1-2H3. The normalized spacial score (nSPS) is 24.4. The van der Waals surface area contributed by atoms with Gasteiger partial charge in [0.05, 0.1) is 13.2 Å². The number of hydrogen-bond donors (Lipinski definition) is 1.